The minimum atomic E-state index is -1.47. The molecular formula is C17H21N3O6. The summed E-state index contributed by atoms with van der Waals surface area (Å²) in [6.45, 7) is -0.507. The molecule has 2 heterocycles. The van der Waals surface area contributed by atoms with Gasteiger partial charge in [-0.15, -0.1) is 0 Å². The van der Waals surface area contributed by atoms with E-state index in [-0.39, 0.29) is 17.8 Å². The van der Waals surface area contributed by atoms with E-state index in [1.807, 2.05) is 0 Å². The van der Waals surface area contributed by atoms with E-state index in [1.54, 1.807) is 18.2 Å². The Balaban J connectivity index is 1.61. The number of nitrogens with zero attached hydrogens (tertiary/aromatic N) is 1. The number of amides is 1. The van der Waals surface area contributed by atoms with Crippen LogP contribution in [0.15, 0.2) is 18.2 Å². The first kappa shape index (κ1) is 17.4. The maximum absolute atomic E-state index is 12.2. The van der Waals surface area contributed by atoms with E-state index in [1.165, 1.54) is 0 Å². The van der Waals surface area contributed by atoms with E-state index >= 15 is 0 Å². The Bertz CT molecular complexity index is 818. The van der Waals surface area contributed by atoms with Crippen molar-refractivity contribution in [3.05, 3.63) is 29.6 Å². The molecule has 0 bridgehead atoms. The number of nitrogens with one attached hydrogen (secondary N) is 2. The summed E-state index contributed by atoms with van der Waals surface area (Å²) >= 11 is 0. The van der Waals surface area contributed by atoms with Crippen molar-refractivity contribution in [2.75, 3.05) is 6.61 Å². The Morgan fingerprint density at radius 1 is 1.23 bits per heavy atom. The fraction of sp³-hybridized carbons (Fsp3) is 0.529. The highest BCUT2D eigenvalue weighted by atomic mass is 16.5. The van der Waals surface area contributed by atoms with Crippen LogP contribution in [0.4, 0.5) is 0 Å². The Labute approximate surface area is 148 Å². The summed E-state index contributed by atoms with van der Waals surface area (Å²) < 4.78 is 5.50. The Hall–Kier alpha value is -2.04. The van der Waals surface area contributed by atoms with Crippen molar-refractivity contribution in [1.29, 1.82) is 0 Å². The third-order valence-corrected chi connectivity index (χ3v) is 4.84. The molecule has 6 N–H and O–H groups in total. The summed E-state index contributed by atoms with van der Waals surface area (Å²) in [4.78, 5) is 19.5. The highest BCUT2D eigenvalue weighted by Gasteiger charge is 2.45. The van der Waals surface area contributed by atoms with Crippen LogP contribution in [0.2, 0.25) is 0 Å². The van der Waals surface area contributed by atoms with Gasteiger partial charge in [-0.25, -0.2) is 4.98 Å². The first-order valence-electron chi connectivity index (χ1n) is 8.59. The molecule has 0 unspecified atom stereocenters. The van der Waals surface area contributed by atoms with Crippen LogP contribution in [0, 0.1) is 0 Å². The van der Waals surface area contributed by atoms with E-state index in [4.69, 9.17) is 4.74 Å². The number of hydrogen-bond donors (Lipinski definition) is 6. The van der Waals surface area contributed by atoms with Crippen LogP contribution in [-0.2, 0) is 4.74 Å². The first-order valence-corrected chi connectivity index (χ1v) is 8.59. The molecule has 2 fully saturated rings. The third-order valence-electron chi connectivity index (χ3n) is 4.84. The van der Waals surface area contributed by atoms with Gasteiger partial charge in [0.2, 0.25) is 0 Å². The van der Waals surface area contributed by atoms with E-state index in [0.29, 0.717) is 16.6 Å². The second-order valence-corrected chi connectivity index (χ2v) is 6.85. The molecule has 26 heavy (non-hydrogen) atoms. The molecule has 140 valence electrons. The molecule has 0 radical (unpaired) electrons. The zero-order valence-corrected chi connectivity index (χ0v) is 13.9. The minimum absolute atomic E-state index is 0.154. The van der Waals surface area contributed by atoms with Gasteiger partial charge in [0.05, 0.1) is 17.6 Å². The third kappa shape index (κ3) is 3.08. The van der Waals surface area contributed by atoms with Gasteiger partial charge in [-0.1, -0.05) is 0 Å². The van der Waals surface area contributed by atoms with Gasteiger partial charge in [-0.2, -0.15) is 0 Å². The summed E-state index contributed by atoms with van der Waals surface area (Å²) in [7, 11) is 0. The molecule has 1 aliphatic carbocycles. The summed E-state index contributed by atoms with van der Waals surface area (Å²) in [5.41, 5.74) is 1.65. The van der Waals surface area contributed by atoms with E-state index in [0.717, 1.165) is 12.8 Å². The quantitative estimate of drug-likeness (QED) is 0.407. The normalized spacial score (nSPS) is 31.9. The number of hydrogen-bond acceptors (Lipinski definition) is 7. The molecule has 2 aliphatic rings. The lowest BCUT2D eigenvalue weighted by Gasteiger charge is -2.39. The second-order valence-electron chi connectivity index (χ2n) is 6.85. The minimum Gasteiger partial charge on any atom is -0.394 e. The lowest BCUT2D eigenvalue weighted by molar-refractivity contribution is -0.233. The van der Waals surface area contributed by atoms with Crippen LogP contribution in [0.3, 0.4) is 0 Å². The topological polar surface area (TPSA) is 148 Å². The van der Waals surface area contributed by atoms with Gasteiger partial charge in [0.1, 0.15) is 36.3 Å². The largest absolute Gasteiger partial charge is 0.394 e. The highest BCUT2D eigenvalue weighted by Crippen LogP contribution is 2.32. The zero-order chi connectivity index (χ0) is 18.4. The lowest BCUT2D eigenvalue weighted by Crippen LogP contribution is -2.55. The van der Waals surface area contributed by atoms with Crippen molar-refractivity contribution in [2.45, 2.75) is 49.4 Å². The van der Waals surface area contributed by atoms with Gasteiger partial charge in [0.15, 0.2) is 0 Å². The summed E-state index contributed by atoms with van der Waals surface area (Å²) in [6, 6.07) is 5.26. The Morgan fingerprint density at radius 2 is 2.00 bits per heavy atom. The highest BCUT2D eigenvalue weighted by molar-refractivity contribution is 5.97. The van der Waals surface area contributed by atoms with Crippen LogP contribution < -0.4 is 5.32 Å². The average Bonchev–Trinajstić information content (AvgIpc) is 3.35. The molecule has 0 spiro atoms. The van der Waals surface area contributed by atoms with Crippen LogP contribution in [-0.4, -0.2) is 73.4 Å². The molecular weight excluding hydrogens is 342 g/mol. The van der Waals surface area contributed by atoms with Crippen LogP contribution in [0.5, 0.6) is 0 Å². The fourth-order valence-corrected chi connectivity index (χ4v) is 3.13. The number of rotatable bonds is 4. The molecule has 9 heteroatoms. The molecule has 9 nitrogen and oxygen atoms in total. The van der Waals surface area contributed by atoms with E-state index in [9.17, 15) is 25.2 Å². The number of aliphatic hydroxyl groups is 4. The summed E-state index contributed by atoms with van der Waals surface area (Å²) in [5.74, 6) is 0.0926. The standard InChI is InChI=1S/C17H21N3O6/c21-6-11-12(22)13(23)14(24)15(26-11)16-19-9-4-1-7(5-10(9)20-16)17(25)18-8-2-3-8/h1,4-5,8,11-15,21-24H,2-3,6H2,(H,18,25)(H,19,20)/t11-,12+,13+,14-,15-/m1/s1. The predicted molar refractivity (Wildman–Crippen MR) is 89.3 cm³/mol. The molecule has 1 aromatic heterocycles. The van der Waals surface area contributed by atoms with E-state index < -0.39 is 37.1 Å². The Kier molecular flexibility index (Phi) is 4.41. The number of aromatic nitrogens is 2. The Morgan fingerprint density at radius 3 is 2.69 bits per heavy atom. The van der Waals surface area contributed by atoms with Crippen LogP contribution in [0.25, 0.3) is 11.0 Å². The van der Waals surface area contributed by atoms with Crippen molar-refractivity contribution in [3.63, 3.8) is 0 Å². The van der Waals surface area contributed by atoms with Gasteiger partial charge in [0, 0.05) is 11.6 Å². The fourth-order valence-electron chi connectivity index (χ4n) is 3.13. The molecule has 2 aromatic rings. The SMILES string of the molecule is O=C(NC1CC1)c1ccc2nc([C@@H]3O[C@H](CO)[C@H](O)[C@H](O)[C@H]3O)[nH]c2c1. The molecule has 1 saturated carbocycles. The number of carbonyl (C=O) groups excluding carboxylic acids is 1. The van der Waals surface area contributed by atoms with Gasteiger partial charge >= 0.3 is 0 Å². The van der Waals surface area contributed by atoms with Gasteiger partial charge < -0.3 is 35.5 Å². The van der Waals surface area contributed by atoms with Gasteiger partial charge in [-0.05, 0) is 31.0 Å². The number of aliphatic hydroxyl groups excluding tert-OH is 4. The number of benzene rings is 1. The molecule has 1 saturated heterocycles. The lowest BCUT2D eigenvalue weighted by atomic mass is 9.95. The molecule has 1 aromatic carbocycles. The molecule has 5 atom stereocenters. The molecule has 1 aliphatic heterocycles. The number of aromatic amines is 1. The average molecular weight is 363 g/mol. The zero-order valence-electron chi connectivity index (χ0n) is 13.9. The van der Waals surface area contributed by atoms with Crippen LogP contribution >= 0.6 is 0 Å². The van der Waals surface area contributed by atoms with E-state index in [2.05, 4.69) is 15.3 Å². The van der Waals surface area contributed by atoms with Crippen molar-refractivity contribution in [3.8, 4) is 0 Å². The number of ether oxygens (including phenoxy) is 1. The predicted octanol–water partition coefficient (Wildman–Crippen LogP) is -1.03. The number of imidazole rings is 1. The molecule has 1 amide bonds. The van der Waals surface area contributed by atoms with Gasteiger partial charge in [0.25, 0.3) is 5.91 Å². The van der Waals surface area contributed by atoms with Crippen molar-refractivity contribution in [1.82, 2.24) is 15.3 Å². The van der Waals surface area contributed by atoms with Crippen LogP contribution in [0.1, 0.15) is 35.1 Å². The molecule has 4 rings (SSSR count). The summed E-state index contributed by atoms with van der Waals surface area (Å²) in [6.07, 6.45) is -4.36. The first-order chi connectivity index (χ1) is 12.5. The van der Waals surface area contributed by atoms with Crippen molar-refractivity contribution < 1.29 is 30.0 Å². The maximum atomic E-state index is 12.2. The number of carbonyl (C=O) groups is 1. The second kappa shape index (κ2) is 6.60. The monoisotopic (exact) mass is 363 g/mol. The smallest absolute Gasteiger partial charge is 0.251 e. The van der Waals surface area contributed by atoms with Crippen molar-refractivity contribution >= 4 is 16.9 Å². The number of fused-ring (bicyclic) bond motifs is 1. The number of H-pyrrole nitrogens is 1. The van der Waals surface area contributed by atoms with Gasteiger partial charge in [-0.3, -0.25) is 4.79 Å². The maximum Gasteiger partial charge on any atom is 0.251 e. The van der Waals surface area contributed by atoms with Crippen molar-refractivity contribution in [2.24, 2.45) is 0 Å². The summed E-state index contributed by atoms with van der Waals surface area (Å²) in [5, 5.41) is 42.2.